The van der Waals surface area contributed by atoms with Crippen molar-refractivity contribution in [2.75, 3.05) is 24.6 Å². The average Bonchev–Trinajstić information content (AvgIpc) is 3.16. The van der Waals surface area contributed by atoms with Crippen molar-refractivity contribution >= 4 is 21.7 Å². The lowest BCUT2D eigenvalue weighted by Gasteiger charge is -2.27. The van der Waals surface area contributed by atoms with E-state index < -0.39 is 9.84 Å². The Bertz CT molecular complexity index is 544. The molecule has 2 aliphatic rings. The fourth-order valence-corrected chi connectivity index (χ4v) is 4.75. The number of carbonyl (C=O) groups is 2. The van der Waals surface area contributed by atoms with E-state index in [4.69, 9.17) is 0 Å². The van der Waals surface area contributed by atoms with Crippen LogP contribution in [0.1, 0.15) is 33.6 Å². The van der Waals surface area contributed by atoms with Crippen LogP contribution < -0.4 is 5.32 Å². The third-order valence-electron chi connectivity index (χ3n) is 4.40. The van der Waals surface area contributed by atoms with Crippen LogP contribution in [0.5, 0.6) is 0 Å². The van der Waals surface area contributed by atoms with Gasteiger partial charge in [-0.25, -0.2) is 8.42 Å². The minimum absolute atomic E-state index is 0.0536. The molecule has 3 atom stereocenters. The van der Waals surface area contributed by atoms with Gasteiger partial charge in [0, 0.05) is 19.1 Å². The second kappa shape index (κ2) is 6.56. The van der Waals surface area contributed by atoms with Crippen molar-refractivity contribution < 1.29 is 18.0 Å². The lowest BCUT2D eigenvalue weighted by atomic mass is 10.1. The highest BCUT2D eigenvalue weighted by Crippen LogP contribution is 2.41. The molecule has 7 heteroatoms. The molecule has 0 aromatic rings. The summed E-state index contributed by atoms with van der Waals surface area (Å²) < 4.78 is 23.2. The number of sulfone groups is 1. The summed E-state index contributed by atoms with van der Waals surface area (Å²) in [7, 11) is -3.01. The zero-order valence-corrected chi connectivity index (χ0v) is 14.4. The Morgan fingerprint density at radius 1 is 1.27 bits per heavy atom. The van der Waals surface area contributed by atoms with Gasteiger partial charge >= 0.3 is 0 Å². The van der Waals surface area contributed by atoms with E-state index >= 15 is 0 Å². The van der Waals surface area contributed by atoms with Gasteiger partial charge in [-0.3, -0.25) is 9.59 Å². The molecule has 2 fully saturated rings. The minimum Gasteiger partial charge on any atom is -0.356 e. The second-order valence-electron chi connectivity index (χ2n) is 6.77. The molecule has 1 saturated carbocycles. The third kappa shape index (κ3) is 4.00. The van der Waals surface area contributed by atoms with Crippen molar-refractivity contribution in [1.82, 2.24) is 10.2 Å². The number of carbonyl (C=O) groups excluding carboxylic acids is 2. The zero-order chi connectivity index (χ0) is 16.5. The normalized spacial score (nSPS) is 29.4. The largest absolute Gasteiger partial charge is 0.356 e. The molecule has 2 rings (SSSR count). The van der Waals surface area contributed by atoms with Crippen LogP contribution in [-0.2, 0) is 19.4 Å². The molecule has 1 aliphatic carbocycles. The van der Waals surface area contributed by atoms with Crippen LogP contribution in [-0.4, -0.2) is 55.8 Å². The molecule has 0 aromatic carbocycles. The predicted octanol–water partition coefficient (Wildman–Crippen LogP) is 0.430. The van der Waals surface area contributed by atoms with Gasteiger partial charge in [0.2, 0.25) is 11.8 Å². The van der Waals surface area contributed by atoms with E-state index in [1.165, 1.54) is 0 Å². The number of amides is 2. The molecule has 0 spiro atoms. The highest BCUT2D eigenvalue weighted by atomic mass is 32.2. The maximum atomic E-state index is 12.5. The van der Waals surface area contributed by atoms with E-state index in [2.05, 4.69) is 5.32 Å². The maximum absolute atomic E-state index is 12.5. The molecule has 0 aromatic heterocycles. The van der Waals surface area contributed by atoms with Crippen molar-refractivity contribution in [2.45, 2.75) is 39.7 Å². The Morgan fingerprint density at radius 3 is 2.45 bits per heavy atom. The van der Waals surface area contributed by atoms with Gasteiger partial charge in [0.15, 0.2) is 9.84 Å². The van der Waals surface area contributed by atoms with Gasteiger partial charge in [-0.05, 0) is 25.7 Å². The molecule has 1 heterocycles. The number of hydrogen-bond donors (Lipinski definition) is 1. The molecule has 22 heavy (non-hydrogen) atoms. The van der Waals surface area contributed by atoms with Gasteiger partial charge in [-0.1, -0.05) is 13.8 Å². The highest BCUT2D eigenvalue weighted by molar-refractivity contribution is 7.91. The van der Waals surface area contributed by atoms with E-state index in [1.54, 1.807) is 4.90 Å². The van der Waals surface area contributed by atoms with Crippen LogP contribution in [0.2, 0.25) is 0 Å². The standard InChI is InChI=1S/C15H26N2O4S/c1-4-17(11-5-6-22(20,21)9-11)15(19)13-7-12(13)14(18)16-8-10(2)3/h10-13H,4-9H2,1-3H3,(H,16,18). The summed E-state index contributed by atoms with van der Waals surface area (Å²) in [6.45, 7) is 7.02. The van der Waals surface area contributed by atoms with Gasteiger partial charge in [0.05, 0.1) is 23.3 Å². The lowest BCUT2D eigenvalue weighted by Crippen LogP contribution is -2.42. The first kappa shape index (κ1) is 17.2. The monoisotopic (exact) mass is 330 g/mol. The molecule has 1 aliphatic heterocycles. The molecule has 0 radical (unpaired) electrons. The lowest BCUT2D eigenvalue weighted by molar-refractivity contribution is -0.136. The molecule has 1 N–H and O–H groups in total. The van der Waals surface area contributed by atoms with Crippen LogP contribution >= 0.6 is 0 Å². The Morgan fingerprint density at radius 2 is 1.95 bits per heavy atom. The van der Waals surface area contributed by atoms with Crippen LogP contribution in [0.25, 0.3) is 0 Å². The molecular weight excluding hydrogens is 304 g/mol. The van der Waals surface area contributed by atoms with Crippen molar-refractivity contribution in [1.29, 1.82) is 0 Å². The Hall–Kier alpha value is -1.11. The van der Waals surface area contributed by atoms with E-state index in [-0.39, 0.29) is 41.2 Å². The average molecular weight is 330 g/mol. The Balaban J connectivity index is 1.90. The van der Waals surface area contributed by atoms with Crippen LogP contribution in [0.15, 0.2) is 0 Å². The predicted molar refractivity (Wildman–Crippen MR) is 83.9 cm³/mol. The van der Waals surface area contributed by atoms with Gasteiger partial charge in [0.1, 0.15) is 0 Å². The first-order valence-electron chi connectivity index (χ1n) is 8.03. The Labute approximate surface area is 132 Å². The number of nitrogens with one attached hydrogen (secondary N) is 1. The van der Waals surface area contributed by atoms with Crippen molar-refractivity contribution in [3.05, 3.63) is 0 Å². The number of rotatable bonds is 6. The first-order valence-corrected chi connectivity index (χ1v) is 9.86. The first-order chi connectivity index (χ1) is 10.2. The van der Waals surface area contributed by atoms with E-state index in [1.807, 2.05) is 20.8 Å². The summed E-state index contributed by atoms with van der Waals surface area (Å²) in [5.41, 5.74) is 0. The maximum Gasteiger partial charge on any atom is 0.226 e. The molecule has 1 saturated heterocycles. The summed E-state index contributed by atoms with van der Waals surface area (Å²) in [5, 5.41) is 2.86. The van der Waals surface area contributed by atoms with Gasteiger partial charge in [-0.2, -0.15) is 0 Å². The minimum atomic E-state index is -3.01. The van der Waals surface area contributed by atoms with Crippen molar-refractivity contribution in [3.63, 3.8) is 0 Å². The SMILES string of the molecule is CCN(C(=O)C1CC1C(=O)NCC(C)C)C1CCS(=O)(=O)C1. The highest BCUT2D eigenvalue weighted by Gasteiger charge is 2.50. The number of hydrogen-bond acceptors (Lipinski definition) is 4. The molecule has 0 bridgehead atoms. The van der Waals surface area contributed by atoms with E-state index in [9.17, 15) is 18.0 Å². The summed E-state index contributed by atoms with van der Waals surface area (Å²) >= 11 is 0. The number of nitrogens with zero attached hydrogens (tertiary/aromatic N) is 1. The summed E-state index contributed by atoms with van der Waals surface area (Å²) in [4.78, 5) is 26.2. The van der Waals surface area contributed by atoms with Crippen LogP contribution in [0.4, 0.5) is 0 Å². The fourth-order valence-electron chi connectivity index (χ4n) is 3.02. The fraction of sp³-hybridized carbons (Fsp3) is 0.867. The summed E-state index contributed by atoms with van der Waals surface area (Å²) in [6, 6.07) is -0.220. The van der Waals surface area contributed by atoms with E-state index in [0.717, 1.165) is 0 Å². The third-order valence-corrected chi connectivity index (χ3v) is 6.15. The summed E-state index contributed by atoms with van der Waals surface area (Å²) in [6.07, 6.45) is 1.09. The molecular formula is C15H26N2O4S. The van der Waals surface area contributed by atoms with Crippen LogP contribution in [0, 0.1) is 17.8 Å². The molecule has 2 amide bonds. The van der Waals surface area contributed by atoms with Crippen molar-refractivity contribution in [2.24, 2.45) is 17.8 Å². The Kier molecular flexibility index (Phi) is 5.14. The molecule has 6 nitrogen and oxygen atoms in total. The van der Waals surface area contributed by atoms with Crippen molar-refractivity contribution in [3.8, 4) is 0 Å². The topological polar surface area (TPSA) is 83.6 Å². The van der Waals surface area contributed by atoms with Gasteiger partial charge in [-0.15, -0.1) is 0 Å². The molecule has 126 valence electrons. The quantitative estimate of drug-likeness (QED) is 0.765. The van der Waals surface area contributed by atoms with E-state index in [0.29, 0.717) is 31.8 Å². The van der Waals surface area contributed by atoms with Gasteiger partial charge in [0.25, 0.3) is 0 Å². The van der Waals surface area contributed by atoms with Gasteiger partial charge < -0.3 is 10.2 Å². The van der Waals surface area contributed by atoms with Crippen LogP contribution in [0.3, 0.4) is 0 Å². The smallest absolute Gasteiger partial charge is 0.226 e. The second-order valence-corrected chi connectivity index (χ2v) is 9.00. The zero-order valence-electron chi connectivity index (χ0n) is 13.5. The summed E-state index contributed by atoms with van der Waals surface area (Å²) in [5.74, 6) is -0.0219. The molecule has 3 unspecified atom stereocenters.